The molecule has 0 spiro atoms. The standard InChI is InChI=1S/C26H28N2O5/c1-16(24(29)28-23(25(30)31)17-7-6-8-17)13-14-27-26(32)33-15-22-20-11-4-2-9-18(20)19-10-3-5-12-21(19)22/h2-5,9-13,17,22-23H,6-8,14-15H2,1H3,(H,27,32)(H,28,29)(H,30,31)/b16-13+. The Hall–Kier alpha value is -3.61. The Morgan fingerprint density at radius 3 is 2.21 bits per heavy atom. The van der Waals surface area contributed by atoms with E-state index in [4.69, 9.17) is 4.74 Å². The van der Waals surface area contributed by atoms with Crippen molar-refractivity contribution in [3.8, 4) is 11.1 Å². The van der Waals surface area contributed by atoms with Crippen LogP contribution in [0.2, 0.25) is 0 Å². The third kappa shape index (κ3) is 4.92. The highest BCUT2D eigenvalue weighted by Crippen LogP contribution is 2.44. The van der Waals surface area contributed by atoms with Gasteiger partial charge >= 0.3 is 12.1 Å². The minimum absolute atomic E-state index is 0.0156. The van der Waals surface area contributed by atoms with Crippen LogP contribution in [0.3, 0.4) is 0 Å². The van der Waals surface area contributed by atoms with E-state index in [1.165, 1.54) is 0 Å². The first-order valence-electron chi connectivity index (χ1n) is 11.2. The van der Waals surface area contributed by atoms with Crippen LogP contribution in [0.4, 0.5) is 4.79 Å². The second-order valence-electron chi connectivity index (χ2n) is 8.57. The normalized spacial score (nSPS) is 16.2. The average Bonchev–Trinajstić information content (AvgIpc) is 3.09. The van der Waals surface area contributed by atoms with Crippen LogP contribution in [0.5, 0.6) is 0 Å². The van der Waals surface area contributed by atoms with Gasteiger partial charge in [0.05, 0.1) is 0 Å². The molecule has 1 atom stereocenters. The van der Waals surface area contributed by atoms with Crippen molar-refractivity contribution in [2.45, 2.75) is 38.1 Å². The van der Waals surface area contributed by atoms with Crippen molar-refractivity contribution >= 4 is 18.0 Å². The van der Waals surface area contributed by atoms with E-state index >= 15 is 0 Å². The lowest BCUT2D eigenvalue weighted by Crippen LogP contribution is -2.48. The number of nitrogens with one attached hydrogen (secondary N) is 2. The SMILES string of the molecule is C/C(=C\CNC(=O)OCC1c2ccccc2-c2ccccc21)C(=O)NC(C(=O)O)C1CCC1. The van der Waals surface area contributed by atoms with Gasteiger partial charge in [0.25, 0.3) is 0 Å². The zero-order valence-corrected chi connectivity index (χ0v) is 18.5. The minimum atomic E-state index is -1.02. The fourth-order valence-electron chi connectivity index (χ4n) is 4.44. The Labute approximate surface area is 192 Å². The predicted octanol–water partition coefficient (Wildman–Crippen LogP) is 3.84. The molecule has 2 aliphatic carbocycles. The van der Waals surface area contributed by atoms with Gasteiger partial charge in [-0.2, -0.15) is 0 Å². The molecular formula is C26H28N2O5. The number of aliphatic carboxylic acids is 1. The van der Waals surface area contributed by atoms with Gasteiger partial charge in [0, 0.05) is 18.0 Å². The molecule has 0 aliphatic heterocycles. The fraction of sp³-hybridized carbons (Fsp3) is 0.346. The van der Waals surface area contributed by atoms with Crippen molar-refractivity contribution in [2.75, 3.05) is 13.2 Å². The number of ether oxygens (including phenoxy) is 1. The number of hydrogen-bond donors (Lipinski definition) is 3. The molecule has 7 nitrogen and oxygen atoms in total. The van der Waals surface area contributed by atoms with Gasteiger partial charge in [-0.25, -0.2) is 9.59 Å². The largest absolute Gasteiger partial charge is 0.480 e. The summed E-state index contributed by atoms with van der Waals surface area (Å²) in [5.74, 6) is -1.50. The molecule has 4 rings (SSSR count). The molecule has 1 saturated carbocycles. The average molecular weight is 449 g/mol. The summed E-state index contributed by atoms with van der Waals surface area (Å²) in [7, 11) is 0. The number of carbonyl (C=O) groups excluding carboxylic acids is 2. The predicted molar refractivity (Wildman–Crippen MR) is 124 cm³/mol. The summed E-state index contributed by atoms with van der Waals surface area (Å²) in [6, 6.07) is 15.4. The molecule has 0 heterocycles. The Morgan fingerprint density at radius 1 is 1.06 bits per heavy atom. The Bertz CT molecular complexity index is 1040. The molecule has 2 aliphatic rings. The quantitative estimate of drug-likeness (QED) is 0.532. The van der Waals surface area contributed by atoms with Gasteiger partial charge in [-0.05, 0) is 47.9 Å². The van der Waals surface area contributed by atoms with Crippen LogP contribution in [0, 0.1) is 5.92 Å². The summed E-state index contributed by atoms with van der Waals surface area (Å²) in [6.45, 7) is 1.91. The summed E-state index contributed by atoms with van der Waals surface area (Å²) < 4.78 is 5.47. The molecule has 2 aromatic rings. The maximum absolute atomic E-state index is 12.3. The number of alkyl carbamates (subject to hydrolysis) is 1. The number of carbonyl (C=O) groups is 3. The Kier molecular flexibility index (Phi) is 6.77. The van der Waals surface area contributed by atoms with E-state index in [0.29, 0.717) is 5.57 Å². The molecule has 0 saturated heterocycles. The van der Waals surface area contributed by atoms with Crippen molar-refractivity contribution < 1.29 is 24.2 Å². The highest BCUT2D eigenvalue weighted by atomic mass is 16.5. The van der Waals surface area contributed by atoms with Gasteiger partial charge in [0.15, 0.2) is 0 Å². The van der Waals surface area contributed by atoms with Crippen molar-refractivity contribution in [2.24, 2.45) is 5.92 Å². The second kappa shape index (κ2) is 9.90. The van der Waals surface area contributed by atoms with Crippen LogP contribution in [0.25, 0.3) is 11.1 Å². The first kappa shape index (κ1) is 22.6. The maximum Gasteiger partial charge on any atom is 0.407 e. The molecule has 0 radical (unpaired) electrons. The molecule has 3 N–H and O–H groups in total. The number of rotatable bonds is 8. The number of hydrogen-bond acceptors (Lipinski definition) is 4. The zero-order valence-electron chi connectivity index (χ0n) is 18.5. The van der Waals surface area contributed by atoms with Crippen LogP contribution in [0.1, 0.15) is 43.2 Å². The van der Waals surface area contributed by atoms with Gasteiger partial charge in [-0.3, -0.25) is 4.79 Å². The second-order valence-corrected chi connectivity index (χ2v) is 8.57. The van der Waals surface area contributed by atoms with Gasteiger partial charge in [-0.1, -0.05) is 61.0 Å². The topological polar surface area (TPSA) is 105 Å². The van der Waals surface area contributed by atoms with Crippen LogP contribution < -0.4 is 10.6 Å². The van der Waals surface area contributed by atoms with Crippen molar-refractivity contribution in [3.05, 3.63) is 71.3 Å². The summed E-state index contributed by atoms with van der Waals surface area (Å²) in [4.78, 5) is 36.0. The lowest BCUT2D eigenvalue weighted by Gasteiger charge is -2.31. The Morgan fingerprint density at radius 2 is 1.67 bits per heavy atom. The maximum atomic E-state index is 12.3. The van der Waals surface area contributed by atoms with Gasteiger partial charge in [-0.15, -0.1) is 0 Å². The van der Waals surface area contributed by atoms with E-state index in [1.54, 1.807) is 13.0 Å². The van der Waals surface area contributed by atoms with Crippen molar-refractivity contribution in [1.29, 1.82) is 0 Å². The van der Waals surface area contributed by atoms with E-state index in [1.807, 2.05) is 24.3 Å². The number of benzene rings is 2. The molecule has 1 fully saturated rings. The number of carboxylic acid groups (broad SMARTS) is 1. The first-order chi connectivity index (χ1) is 16.0. The molecule has 0 bridgehead atoms. The van der Waals surface area contributed by atoms with E-state index in [-0.39, 0.29) is 25.0 Å². The molecular weight excluding hydrogens is 420 g/mol. The molecule has 2 amide bonds. The fourth-order valence-corrected chi connectivity index (χ4v) is 4.44. The van der Waals surface area contributed by atoms with Gasteiger partial charge < -0.3 is 20.5 Å². The molecule has 0 aromatic heterocycles. The molecule has 33 heavy (non-hydrogen) atoms. The van der Waals surface area contributed by atoms with Crippen LogP contribution in [0.15, 0.2) is 60.2 Å². The Balaban J connectivity index is 1.28. The van der Waals surface area contributed by atoms with Crippen LogP contribution in [-0.2, 0) is 14.3 Å². The third-order valence-electron chi connectivity index (χ3n) is 6.53. The van der Waals surface area contributed by atoms with Crippen LogP contribution in [-0.4, -0.2) is 42.3 Å². The summed E-state index contributed by atoms with van der Waals surface area (Å²) in [6.07, 6.45) is 3.59. The highest BCUT2D eigenvalue weighted by molar-refractivity contribution is 5.95. The first-order valence-corrected chi connectivity index (χ1v) is 11.2. The van der Waals surface area contributed by atoms with E-state index < -0.39 is 24.0 Å². The highest BCUT2D eigenvalue weighted by Gasteiger charge is 2.34. The summed E-state index contributed by atoms with van der Waals surface area (Å²) >= 11 is 0. The third-order valence-corrected chi connectivity index (χ3v) is 6.53. The number of amides is 2. The van der Waals surface area contributed by atoms with Crippen LogP contribution >= 0.6 is 0 Å². The van der Waals surface area contributed by atoms with E-state index in [0.717, 1.165) is 41.5 Å². The monoisotopic (exact) mass is 448 g/mol. The lowest BCUT2D eigenvalue weighted by molar-refractivity contribution is -0.143. The van der Waals surface area contributed by atoms with Crippen molar-refractivity contribution in [3.63, 3.8) is 0 Å². The van der Waals surface area contributed by atoms with E-state index in [9.17, 15) is 19.5 Å². The summed E-state index contributed by atoms with van der Waals surface area (Å²) in [5.41, 5.74) is 4.94. The zero-order chi connectivity index (χ0) is 23.4. The van der Waals surface area contributed by atoms with Gasteiger partial charge in [0.2, 0.25) is 5.91 Å². The molecule has 1 unspecified atom stereocenters. The minimum Gasteiger partial charge on any atom is -0.480 e. The summed E-state index contributed by atoms with van der Waals surface area (Å²) in [5, 5.41) is 14.6. The lowest BCUT2D eigenvalue weighted by atomic mass is 9.79. The van der Waals surface area contributed by atoms with E-state index in [2.05, 4.69) is 34.9 Å². The molecule has 7 heteroatoms. The number of carboxylic acids is 1. The molecule has 172 valence electrons. The van der Waals surface area contributed by atoms with Crippen molar-refractivity contribution in [1.82, 2.24) is 10.6 Å². The smallest absolute Gasteiger partial charge is 0.407 e. The van der Waals surface area contributed by atoms with Gasteiger partial charge in [0.1, 0.15) is 12.6 Å². The molecule has 2 aromatic carbocycles. The number of fused-ring (bicyclic) bond motifs is 3.